The second-order valence-electron chi connectivity index (χ2n) is 6.20. The third kappa shape index (κ3) is 3.87. The Morgan fingerprint density at radius 1 is 1.19 bits per heavy atom. The highest BCUT2D eigenvalue weighted by atomic mass is 19.1. The molecule has 0 unspecified atom stereocenters. The molecule has 0 radical (unpaired) electrons. The molecule has 2 heterocycles. The first kappa shape index (κ1) is 17.0. The van der Waals surface area contributed by atoms with Crippen molar-refractivity contribution in [1.82, 2.24) is 9.78 Å². The molecule has 2 aromatic carbocycles. The van der Waals surface area contributed by atoms with Gasteiger partial charge in [-0.15, -0.1) is 0 Å². The summed E-state index contributed by atoms with van der Waals surface area (Å²) in [5.74, 6) is -0.0976. The van der Waals surface area contributed by atoms with E-state index in [0.717, 1.165) is 5.56 Å². The maximum atomic E-state index is 13.4. The third-order valence-electron chi connectivity index (χ3n) is 4.26. The van der Waals surface area contributed by atoms with Crippen LogP contribution in [-0.2, 0) is 16.2 Å². The van der Waals surface area contributed by atoms with Crippen LogP contribution in [0.4, 0.5) is 10.2 Å². The van der Waals surface area contributed by atoms with Gasteiger partial charge in [0.25, 0.3) is 5.91 Å². The number of nitrogens with zero attached hydrogens (tertiary/aromatic N) is 3. The number of benzene rings is 2. The number of carbonyl (C=O) groups is 1. The van der Waals surface area contributed by atoms with Gasteiger partial charge < -0.3 is 10.2 Å². The molecule has 0 aliphatic carbocycles. The first-order valence-corrected chi connectivity index (χ1v) is 8.54. The van der Waals surface area contributed by atoms with E-state index in [1.54, 1.807) is 29.1 Å². The summed E-state index contributed by atoms with van der Waals surface area (Å²) in [5.41, 5.74) is 2.23. The first-order valence-electron chi connectivity index (χ1n) is 8.54. The summed E-state index contributed by atoms with van der Waals surface area (Å²) < 4.78 is 15.1. The van der Waals surface area contributed by atoms with E-state index < -0.39 is 6.10 Å². The van der Waals surface area contributed by atoms with Crippen LogP contribution in [0.2, 0.25) is 0 Å². The van der Waals surface area contributed by atoms with Gasteiger partial charge in [-0.3, -0.25) is 4.79 Å². The predicted octanol–water partition coefficient (Wildman–Crippen LogP) is 3.20. The Bertz CT molecular complexity index is 984. The number of hydrogen-bond donors (Lipinski definition) is 1. The maximum Gasteiger partial charge on any atom is 0.269 e. The summed E-state index contributed by atoms with van der Waals surface area (Å²) in [6.45, 7) is 0.542. The number of hydrogen-bond acceptors (Lipinski definition) is 4. The summed E-state index contributed by atoms with van der Waals surface area (Å²) in [6.07, 6.45) is 1.15. The van der Waals surface area contributed by atoms with Gasteiger partial charge in [-0.25, -0.2) is 9.07 Å². The molecule has 1 aromatic heterocycles. The lowest BCUT2D eigenvalue weighted by Crippen LogP contribution is -2.29. The Morgan fingerprint density at radius 2 is 2.04 bits per heavy atom. The van der Waals surface area contributed by atoms with Crippen molar-refractivity contribution in [1.29, 1.82) is 0 Å². The zero-order chi connectivity index (χ0) is 18.6. The van der Waals surface area contributed by atoms with Crippen molar-refractivity contribution in [3.05, 3.63) is 83.8 Å². The molecule has 1 amide bonds. The van der Waals surface area contributed by atoms with Gasteiger partial charge in [-0.05, 0) is 17.7 Å². The molecule has 6 nitrogen and oxygen atoms in total. The fourth-order valence-corrected chi connectivity index (χ4v) is 2.88. The minimum absolute atomic E-state index is 0.280. The number of aromatic nitrogens is 2. The van der Waals surface area contributed by atoms with Gasteiger partial charge in [-0.1, -0.05) is 47.6 Å². The number of rotatable bonds is 5. The number of carbonyl (C=O) groups excluding carboxylic acids is 1. The molecule has 1 aliphatic rings. The van der Waals surface area contributed by atoms with E-state index in [0.29, 0.717) is 23.6 Å². The molecule has 1 aliphatic heterocycles. The fraction of sp³-hybridized carbons (Fsp3) is 0.150. The van der Waals surface area contributed by atoms with Crippen LogP contribution in [0.3, 0.4) is 0 Å². The van der Waals surface area contributed by atoms with E-state index in [1.165, 1.54) is 12.1 Å². The molecule has 1 N–H and O–H groups in total. The van der Waals surface area contributed by atoms with Crippen molar-refractivity contribution in [2.75, 3.05) is 5.32 Å². The van der Waals surface area contributed by atoms with Gasteiger partial charge in [0, 0.05) is 18.1 Å². The molecule has 0 saturated heterocycles. The summed E-state index contributed by atoms with van der Waals surface area (Å²) in [7, 11) is 0. The molecule has 136 valence electrons. The van der Waals surface area contributed by atoms with Gasteiger partial charge in [0.2, 0.25) is 6.10 Å². The van der Waals surface area contributed by atoms with Crippen LogP contribution in [0.5, 0.6) is 0 Å². The SMILES string of the molecule is O=C(Nc1ccnn1Cc1ccccc1)[C@@H]1CC(c2cccc(F)c2)=NO1. The molecular weight excluding hydrogens is 347 g/mol. The second-order valence-corrected chi connectivity index (χ2v) is 6.20. The largest absolute Gasteiger partial charge is 0.382 e. The number of amides is 1. The zero-order valence-electron chi connectivity index (χ0n) is 14.4. The molecule has 4 rings (SSSR count). The minimum Gasteiger partial charge on any atom is -0.382 e. The smallest absolute Gasteiger partial charge is 0.269 e. The fourth-order valence-electron chi connectivity index (χ4n) is 2.88. The van der Waals surface area contributed by atoms with Gasteiger partial charge in [0.15, 0.2) is 0 Å². The molecule has 7 heteroatoms. The van der Waals surface area contributed by atoms with E-state index >= 15 is 0 Å². The van der Waals surface area contributed by atoms with Gasteiger partial charge in [0.05, 0.1) is 18.5 Å². The van der Waals surface area contributed by atoms with Crippen LogP contribution in [0, 0.1) is 5.82 Å². The van der Waals surface area contributed by atoms with Crippen LogP contribution in [0.1, 0.15) is 17.5 Å². The minimum atomic E-state index is -0.761. The molecule has 0 bridgehead atoms. The standard InChI is InChI=1S/C20H17FN4O2/c21-16-8-4-7-15(11-16)17-12-18(27-24-17)20(26)23-19-9-10-22-25(19)13-14-5-2-1-3-6-14/h1-11,18H,12-13H2,(H,23,26)/t18-/m0/s1. The number of anilines is 1. The van der Waals surface area contributed by atoms with Crippen LogP contribution in [0.15, 0.2) is 72.0 Å². The number of halogens is 1. The molecule has 0 fully saturated rings. The van der Waals surface area contributed by atoms with E-state index in [4.69, 9.17) is 4.84 Å². The Hall–Kier alpha value is -3.48. The normalized spacial score (nSPS) is 15.9. The number of oxime groups is 1. The molecule has 27 heavy (non-hydrogen) atoms. The average Bonchev–Trinajstić information content (AvgIpc) is 3.33. The summed E-state index contributed by atoms with van der Waals surface area (Å²) in [4.78, 5) is 17.8. The van der Waals surface area contributed by atoms with Crippen molar-refractivity contribution >= 4 is 17.4 Å². The Balaban J connectivity index is 1.40. The molecule has 1 atom stereocenters. The van der Waals surface area contributed by atoms with Gasteiger partial charge >= 0.3 is 0 Å². The van der Waals surface area contributed by atoms with Crippen molar-refractivity contribution in [3.63, 3.8) is 0 Å². The monoisotopic (exact) mass is 364 g/mol. The van der Waals surface area contributed by atoms with Gasteiger partial charge in [0.1, 0.15) is 11.6 Å². The predicted molar refractivity (Wildman–Crippen MR) is 98.8 cm³/mol. The number of nitrogens with one attached hydrogen (secondary N) is 1. The van der Waals surface area contributed by atoms with E-state index in [2.05, 4.69) is 15.6 Å². The lowest BCUT2D eigenvalue weighted by molar-refractivity contribution is -0.125. The summed E-state index contributed by atoms with van der Waals surface area (Å²) in [6, 6.07) is 17.6. The maximum absolute atomic E-state index is 13.4. The van der Waals surface area contributed by atoms with Crippen molar-refractivity contribution in [2.45, 2.75) is 19.1 Å². The van der Waals surface area contributed by atoms with Gasteiger partial charge in [-0.2, -0.15) is 5.10 Å². The lowest BCUT2D eigenvalue weighted by atomic mass is 10.0. The molecule has 3 aromatic rings. The van der Waals surface area contributed by atoms with Crippen molar-refractivity contribution < 1.29 is 14.0 Å². The highest BCUT2D eigenvalue weighted by Crippen LogP contribution is 2.19. The highest BCUT2D eigenvalue weighted by molar-refractivity contribution is 6.05. The first-order chi connectivity index (χ1) is 13.2. The van der Waals surface area contributed by atoms with Crippen LogP contribution in [-0.4, -0.2) is 27.5 Å². The lowest BCUT2D eigenvalue weighted by Gasteiger charge is -2.11. The van der Waals surface area contributed by atoms with Crippen molar-refractivity contribution in [2.24, 2.45) is 5.16 Å². The van der Waals surface area contributed by atoms with Crippen LogP contribution < -0.4 is 5.32 Å². The highest BCUT2D eigenvalue weighted by Gasteiger charge is 2.29. The quantitative estimate of drug-likeness (QED) is 0.756. The summed E-state index contributed by atoms with van der Waals surface area (Å²) in [5, 5.41) is 11.0. The third-order valence-corrected chi connectivity index (χ3v) is 4.26. The van der Waals surface area contributed by atoms with E-state index in [1.807, 2.05) is 30.3 Å². The molecular formula is C20H17FN4O2. The van der Waals surface area contributed by atoms with E-state index in [-0.39, 0.29) is 18.1 Å². The van der Waals surface area contributed by atoms with Crippen LogP contribution in [0.25, 0.3) is 0 Å². The van der Waals surface area contributed by atoms with E-state index in [9.17, 15) is 9.18 Å². The Labute approximate surface area is 155 Å². The average molecular weight is 364 g/mol. The summed E-state index contributed by atoms with van der Waals surface area (Å²) >= 11 is 0. The van der Waals surface area contributed by atoms with Crippen molar-refractivity contribution in [3.8, 4) is 0 Å². The molecule has 0 spiro atoms. The molecule has 0 saturated carbocycles. The second kappa shape index (κ2) is 7.41. The topological polar surface area (TPSA) is 68.5 Å². The Kier molecular flexibility index (Phi) is 4.65. The zero-order valence-corrected chi connectivity index (χ0v) is 14.4. The van der Waals surface area contributed by atoms with Crippen LogP contribution >= 0.6 is 0 Å². The Morgan fingerprint density at radius 3 is 2.85 bits per heavy atom.